The molecule has 0 spiro atoms. The molecule has 0 heterocycles. The van der Waals surface area contributed by atoms with Crippen LogP contribution in [0.4, 0.5) is 5.69 Å². The van der Waals surface area contributed by atoms with Gasteiger partial charge in [-0.1, -0.05) is 19.1 Å². The highest BCUT2D eigenvalue weighted by molar-refractivity contribution is 5.48. The summed E-state index contributed by atoms with van der Waals surface area (Å²) in [6.45, 7) is 10.3. The maximum absolute atomic E-state index is 5.01. The maximum Gasteiger partial charge on any atom is 0.0587 e. The SMILES string of the molecule is CCC(C)N(CC)c1ccc(CNCCOC)cc1. The first-order valence-corrected chi connectivity index (χ1v) is 7.28. The molecule has 0 bridgehead atoms. The van der Waals surface area contributed by atoms with E-state index in [0.717, 1.165) is 26.2 Å². The number of anilines is 1. The highest BCUT2D eigenvalue weighted by atomic mass is 16.5. The van der Waals surface area contributed by atoms with Gasteiger partial charge in [-0.3, -0.25) is 0 Å². The van der Waals surface area contributed by atoms with Crippen molar-refractivity contribution in [1.82, 2.24) is 5.32 Å². The molecule has 3 nitrogen and oxygen atoms in total. The lowest BCUT2D eigenvalue weighted by atomic mass is 10.1. The molecule has 108 valence electrons. The van der Waals surface area contributed by atoms with Crippen molar-refractivity contribution >= 4 is 5.69 Å². The van der Waals surface area contributed by atoms with Gasteiger partial charge in [0.15, 0.2) is 0 Å². The van der Waals surface area contributed by atoms with E-state index in [2.05, 4.69) is 55.3 Å². The van der Waals surface area contributed by atoms with Crippen LogP contribution >= 0.6 is 0 Å². The van der Waals surface area contributed by atoms with E-state index >= 15 is 0 Å². The predicted molar refractivity (Wildman–Crippen MR) is 82.8 cm³/mol. The number of ether oxygens (including phenoxy) is 1. The number of hydrogen-bond acceptors (Lipinski definition) is 3. The molecule has 1 rings (SSSR count). The Bertz CT molecular complexity index is 337. The minimum Gasteiger partial charge on any atom is -0.383 e. The first-order chi connectivity index (χ1) is 9.22. The van der Waals surface area contributed by atoms with Crippen LogP contribution in [0.25, 0.3) is 0 Å². The van der Waals surface area contributed by atoms with Crippen LogP contribution in [0.5, 0.6) is 0 Å². The van der Waals surface area contributed by atoms with Crippen LogP contribution in [-0.2, 0) is 11.3 Å². The van der Waals surface area contributed by atoms with E-state index in [9.17, 15) is 0 Å². The summed E-state index contributed by atoms with van der Waals surface area (Å²) < 4.78 is 5.01. The number of rotatable bonds is 9. The Morgan fingerprint density at radius 1 is 1.21 bits per heavy atom. The smallest absolute Gasteiger partial charge is 0.0587 e. The Labute approximate surface area is 118 Å². The second-order valence-electron chi connectivity index (χ2n) is 4.88. The number of nitrogens with zero attached hydrogens (tertiary/aromatic N) is 1. The summed E-state index contributed by atoms with van der Waals surface area (Å²) in [5, 5.41) is 3.36. The van der Waals surface area contributed by atoms with Crippen LogP contribution < -0.4 is 10.2 Å². The zero-order valence-corrected chi connectivity index (χ0v) is 12.8. The van der Waals surface area contributed by atoms with E-state index in [0.29, 0.717) is 6.04 Å². The Kier molecular flexibility index (Phi) is 7.53. The Balaban J connectivity index is 2.54. The first-order valence-electron chi connectivity index (χ1n) is 7.28. The van der Waals surface area contributed by atoms with Gasteiger partial charge in [0.1, 0.15) is 0 Å². The monoisotopic (exact) mass is 264 g/mol. The molecule has 0 fully saturated rings. The van der Waals surface area contributed by atoms with Crippen molar-refractivity contribution in [3.05, 3.63) is 29.8 Å². The van der Waals surface area contributed by atoms with E-state index in [1.54, 1.807) is 7.11 Å². The summed E-state index contributed by atoms with van der Waals surface area (Å²) in [4.78, 5) is 2.45. The van der Waals surface area contributed by atoms with E-state index in [-0.39, 0.29) is 0 Å². The van der Waals surface area contributed by atoms with Crippen molar-refractivity contribution in [3.63, 3.8) is 0 Å². The quantitative estimate of drug-likeness (QED) is 0.694. The molecule has 1 unspecified atom stereocenters. The summed E-state index contributed by atoms with van der Waals surface area (Å²) in [5.74, 6) is 0. The zero-order valence-electron chi connectivity index (χ0n) is 12.8. The molecule has 0 saturated carbocycles. The van der Waals surface area contributed by atoms with Gasteiger partial charge in [-0.15, -0.1) is 0 Å². The Hall–Kier alpha value is -1.06. The third-order valence-electron chi connectivity index (χ3n) is 3.54. The molecule has 3 heteroatoms. The van der Waals surface area contributed by atoms with Gasteiger partial charge in [0, 0.05) is 38.5 Å². The van der Waals surface area contributed by atoms with Crippen LogP contribution in [0.3, 0.4) is 0 Å². The van der Waals surface area contributed by atoms with E-state index < -0.39 is 0 Å². The summed E-state index contributed by atoms with van der Waals surface area (Å²) >= 11 is 0. The molecule has 1 aromatic carbocycles. The molecule has 0 aliphatic rings. The van der Waals surface area contributed by atoms with E-state index in [1.807, 2.05) is 0 Å². The third-order valence-corrected chi connectivity index (χ3v) is 3.54. The van der Waals surface area contributed by atoms with Crippen LogP contribution in [0.15, 0.2) is 24.3 Å². The fourth-order valence-corrected chi connectivity index (χ4v) is 2.18. The van der Waals surface area contributed by atoms with E-state index in [4.69, 9.17) is 4.74 Å². The third kappa shape index (κ3) is 5.21. The maximum atomic E-state index is 5.01. The average molecular weight is 264 g/mol. The highest BCUT2D eigenvalue weighted by Crippen LogP contribution is 2.19. The van der Waals surface area contributed by atoms with Gasteiger partial charge in [0.05, 0.1) is 6.61 Å². The summed E-state index contributed by atoms with van der Waals surface area (Å²) in [6, 6.07) is 9.46. The van der Waals surface area contributed by atoms with Crippen LogP contribution in [0, 0.1) is 0 Å². The van der Waals surface area contributed by atoms with E-state index in [1.165, 1.54) is 17.7 Å². The van der Waals surface area contributed by atoms with Crippen molar-refractivity contribution in [2.45, 2.75) is 39.8 Å². The van der Waals surface area contributed by atoms with Crippen LogP contribution in [0.1, 0.15) is 32.8 Å². The van der Waals surface area contributed by atoms with Gasteiger partial charge in [-0.05, 0) is 38.0 Å². The Morgan fingerprint density at radius 2 is 1.89 bits per heavy atom. The number of methoxy groups -OCH3 is 1. The summed E-state index contributed by atoms with van der Waals surface area (Å²) in [5.41, 5.74) is 2.64. The lowest BCUT2D eigenvalue weighted by Crippen LogP contribution is -2.32. The molecule has 1 N–H and O–H groups in total. The first kappa shape index (κ1) is 16.0. The topological polar surface area (TPSA) is 24.5 Å². The summed E-state index contributed by atoms with van der Waals surface area (Å²) in [7, 11) is 1.73. The molecule has 1 atom stereocenters. The van der Waals surface area contributed by atoms with Crippen molar-refractivity contribution in [2.24, 2.45) is 0 Å². The van der Waals surface area contributed by atoms with Gasteiger partial charge in [-0.25, -0.2) is 0 Å². The lowest BCUT2D eigenvalue weighted by molar-refractivity contribution is 0.199. The fraction of sp³-hybridized carbons (Fsp3) is 0.625. The Morgan fingerprint density at radius 3 is 2.42 bits per heavy atom. The minimum absolute atomic E-state index is 0.593. The molecule has 0 aliphatic heterocycles. The van der Waals surface area contributed by atoms with Gasteiger partial charge in [0.2, 0.25) is 0 Å². The van der Waals surface area contributed by atoms with Crippen LogP contribution in [0.2, 0.25) is 0 Å². The predicted octanol–water partition coefficient (Wildman–Crippen LogP) is 3.05. The largest absolute Gasteiger partial charge is 0.383 e. The van der Waals surface area contributed by atoms with Crippen molar-refractivity contribution < 1.29 is 4.74 Å². The van der Waals surface area contributed by atoms with Crippen LogP contribution in [-0.4, -0.2) is 32.8 Å². The minimum atomic E-state index is 0.593. The normalized spacial score (nSPS) is 12.4. The van der Waals surface area contributed by atoms with Gasteiger partial charge < -0.3 is 15.0 Å². The second kappa shape index (κ2) is 8.94. The van der Waals surface area contributed by atoms with Crippen molar-refractivity contribution in [2.75, 3.05) is 31.7 Å². The zero-order chi connectivity index (χ0) is 14.1. The molecule has 0 saturated heterocycles. The second-order valence-corrected chi connectivity index (χ2v) is 4.88. The standard InChI is InChI=1S/C16H28N2O/c1-5-14(3)18(6-2)16-9-7-15(8-10-16)13-17-11-12-19-4/h7-10,14,17H,5-6,11-13H2,1-4H3. The highest BCUT2D eigenvalue weighted by Gasteiger charge is 2.10. The van der Waals surface area contributed by atoms with Gasteiger partial charge in [-0.2, -0.15) is 0 Å². The average Bonchev–Trinajstić information content (AvgIpc) is 2.45. The molecular formula is C16H28N2O. The fourth-order valence-electron chi connectivity index (χ4n) is 2.18. The molecular weight excluding hydrogens is 236 g/mol. The van der Waals surface area contributed by atoms with Gasteiger partial charge in [0.25, 0.3) is 0 Å². The van der Waals surface area contributed by atoms with Crippen molar-refractivity contribution in [1.29, 1.82) is 0 Å². The molecule has 1 aromatic rings. The number of nitrogens with one attached hydrogen (secondary N) is 1. The molecule has 0 radical (unpaired) electrons. The lowest BCUT2D eigenvalue weighted by Gasteiger charge is -2.29. The number of benzene rings is 1. The molecule has 19 heavy (non-hydrogen) atoms. The molecule has 0 aliphatic carbocycles. The van der Waals surface area contributed by atoms with Crippen molar-refractivity contribution in [3.8, 4) is 0 Å². The van der Waals surface area contributed by atoms with Gasteiger partial charge >= 0.3 is 0 Å². The summed E-state index contributed by atoms with van der Waals surface area (Å²) in [6.07, 6.45) is 1.17. The number of hydrogen-bond donors (Lipinski definition) is 1. The molecule has 0 amide bonds. The molecule has 0 aromatic heterocycles.